The molecule has 2 amide bonds. The van der Waals surface area contributed by atoms with Crippen LogP contribution in [0, 0.1) is 0 Å². The summed E-state index contributed by atoms with van der Waals surface area (Å²) < 4.78 is 11.2. The molecule has 2 aliphatic heterocycles. The maximum atomic E-state index is 12.9. The van der Waals surface area contributed by atoms with Gasteiger partial charge >= 0.3 is 0 Å². The van der Waals surface area contributed by atoms with Crippen LogP contribution in [-0.4, -0.2) is 66.6 Å². The lowest BCUT2D eigenvalue weighted by Gasteiger charge is -2.42. The van der Waals surface area contributed by atoms with Gasteiger partial charge in [0.05, 0.1) is 17.7 Å². The first-order valence-electron chi connectivity index (χ1n) is 11.1. The SMILES string of the molecule is CCOc1nc(N2CCN(C(C)(C)C)CC2)ccc1NC(=O)c1coc2c1C(=O)NCC2. The molecule has 9 nitrogen and oxygen atoms in total. The first kappa shape index (κ1) is 22.1. The standard InChI is InChI=1S/C23H31N5O4/c1-5-31-22-16(25-20(29)15-14-32-17-8-9-24-21(30)19(15)17)6-7-18(26-22)27-10-12-28(13-11-27)23(2,3)4/h6-7,14H,5,8-13H2,1-4H3,(H,24,30)(H,25,29). The number of anilines is 2. The number of piperazine rings is 1. The summed E-state index contributed by atoms with van der Waals surface area (Å²) in [5, 5.41) is 5.58. The zero-order valence-electron chi connectivity index (χ0n) is 19.2. The van der Waals surface area contributed by atoms with Crippen LogP contribution in [-0.2, 0) is 6.42 Å². The molecule has 2 aliphatic rings. The number of carbonyl (C=O) groups is 2. The van der Waals surface area contributed by atoms with E-state index in [1.807, 2.05) is 13.0 Å². The molecule has 0 spiro atoms. The zero-order chi connectivity index (χ0) is 22.9. The van der Waals surface area contributed by atoms with E-state index < -0.39 is 5.91 Å². The molecule has 0 aliphatic carbocycles. The van der Waals surface area contributed by atoms with E-state index in [0.717, 1.165) is 32.0 Å². The summed E-state index contributed by atoms with van der Waals surface area (Å²) >= 11 is 0. The minimum atomic E-state index is -0.429. The fourth-order valence-corrected chi connectivity index (χ4v) is 4.12. The van der Waals surface area contributed by atoms with Crippen molar-refractivity contribution < 1.29 is 18.7 Å². The molecule has 0 aromatic carbocycles. The Hall–Kier alpha value is -3.07. The number of hydrogen-bond acceptors (Lipinski definition) is 7. The van der Waals surface area contributed by atoms with Gasteiger partial charge in [0.15, 0.2) is 0 Å². The van der Waals surface area contributed by atoms with E-state index in [9.17, 15) is 9.59 Å². The molecule has 32 heavy (non-hydrogen) atoms. The van der Waals surface area contributed by atoms with Crippen molar-refractivity contribution in [3.8, 4) is 5.88 Å². The second kappa shape index (κ2) is 8.82. The number of amides is 2. The number of fused-ring (bicyclic) bond motifs is 1. The van der Waals surface area contributed by atoms with Crippen molar-refractivity contribution in [2.45, 2.75) is 39.7 Å². The fourth-order valence-electron chi connectivity index (χ4n) is 4.12. The van der Waals surface area contributed by atoms with E-state index >= 15 is 0 Å². The molecule has 4 rings (SSSR count). The Morgan fingerprint density at radius 1 is 1.25 bits per heavy atom. The molecular weight excluding hydrogens is 410 g/mol. The molecule has 2 aromatic rings. The molecule has 2 N–H and O–H groups in total. The summed E-state index contributed by atoms with van der Waals surface area (Å²) in [7, 11) is 0. The third kappa shape index (κ3) is 4.43. The predicted molar refractivity (Wildman–Crippen MR) is 122 cm³/mol. The average Bonchev–Trinajstić information content (AvgIpc) is 3.20. The van der Waals surface area contributed by atoms with Crippen molar-refractivity contribution in [1.29, 1.82) is 0 Å². The van der Waals surface area contributed by atoms with Gasteiger partial charge in [-0.2, -0.15) is 4.98 Å². The molecule has 0 unspecified atom stereocenters. The molecule has 9 heteroatoms. The van der Waals surface area contributed by atoms with Crippen LogP contribution in [0.5, 0.6) is 5.88 Å². The Morgan fingerprint density at radius 3 is 2.69 bits per heavy atom. The van der Waals surface area contributed by atoms with Crippen LogP contribution in [0.4, 0.5) is 11.5 Å². The summed E-state index contributed by atoms with van der Waals surface area (Å²) in [6.07, 6.45) is 1.90. The van der Waals surface area contributed by atoms with E-state index in [2.05, 4.69) is 46.2 Å². The molecule has 0 saturated carbocycles. The second-order valence-corrected chi connectivity index (χ2v) is 9.01. The highest BCUT2D eigenvalue weighted by atomic mass is 16.5. The quantitative estimate of drug-likeness (QED) is 0.735. The van der Waals surface area contributed by atoms with Crippen molar-refractivity contribution in [2.24, 2.45) is 0 Å². The number of pyridine rings is 1. The van der Waals surface area contributed by atoms with Gasteiger partial charge in [0.25, 0.3) is 11.8 Å². The number of carbonyl (C=O) groups excluding carboxylic acids is 2. The number of ether oxygens (including phenoxy) is 1. The highest BCUT2D eigenvalue weighted by Gasteiger charge is 2.29. The van der Waals surface area contributed by atoms with Gasteiger partial charge in [-0.3, -0.25) is 14.5 Å². The van der Waals surface area contributed by atoms with Crippen LogP contribution in [0.25, 0.3) is 0 Å². The number of nitrogens with zero attached hydrogens (tertiary/aromatic N) is 3. The lowest BCUT2D eigenvalue weighted by atomic mass is 10.0. The summed E-state index contributed by atoms with van der Waals surface area (Å²) in [6, 6.07) is 3.69. The largest absolute Gasteiger partial charge is 0.476 e. The highest BCUT2D eigenvalue weighted by Crippen LogP contribution is 2.29. The van der Waals surface area contributed by atoms with E-state index in [0.29, 0.717) is 42.5 Å². The summed E-state index contributed by atoms with van der Waals surface area (Å²) in [5.74, 6) is 0.990. The lowest BCUT2D eigenvalue weighted by Crippen LogP contribution is -2.53. The minimum absolute atomic E-state index is 0.146. The lowest BCUT2D eigenvalue weighted by molar-refractivity contribution is 0.0931. The topological polar surface area (TPSA) is 99.9 Å². The summed E-state index contributed by atoms with van der Waals surface area (Å²) in [5.41, 5.74) is 1.11. The summed E-state index contributed by atoms with van der Waals surface area (Å²) in [4.78, 5) is 34.5. The molecule has 0 bridgehead atoms. The van der Waals surface area contributed by atoms with Gasteiger partial charge in [0.1, 0.15) is 23.5 Å². The van der Waals surface area contributed by atoms with E-state index in [-0.39, 0.29) is 17.0 Å². The molecule has 4 heterocycles. The first-order valence-corrected chi connectivity index (χ1v) is 11.1. The number of hydrogen-bond donors (Lipinski definition) is 2. The molecule has 172 valence electrons. The van der Waals surface area contributed by atoms with Gasteiger partial charge in [-0.15, -0.1) is 0 Å². The van der Waals surface area contributed by atoms with Crippen LogP contribution in [0.15, 0.2) is 22.8 Å². The number of furan rings is 1. The molecule has 2 aromatic heterocycles. The van der Waals surface area contributed by atoms with Crippen LogP contribution in [0.2, 0.25) is 0 Å². The van der Waals surface area contributed by atoms with E-state index in [1.54, 1.807) is 6.07 Å². The highest BCUT2D eigenvalue weighted by molar-refractivity contribution is 6.13. The molecule has 1 fully saturated rings. The van der Waals surface area contributed by atoms with Crippen LogP contribution in [0.3, 0.4) is 0 Å². The third-order valence-electron chi connectivity index (χ3n) is 5.90. The van der Waals surface area contributed by atoms with Gasteiger partial charge in [-0.25, -0.2) is 0 Å². The monoisotopic (exact) mass is 441 g/mol. The average molecular weight is 442 g/mol. The smallest absolute Gasteiger partial charge is 0.259 e. The molecule has 0 radical (unpaired) electrons. The number of nitrogens with one attached hydrogen (secondary N) is 2. The number of aromatic nitrogens is 1. The second-order valence-electron chi connectivity index (χ2n) is 9.01. The van der Waals surface area contributed by atoms with Crippen molar-refractivity contribution in [3.05, 3.63) is 35.3 Å². The first-order chi connectivity index (χ1) is 15.3. The van der Waals surface area contributed by atoms with Gasteiger partial charge in [0.2, 0.25) is 5.88 Å². The summed E-state index contributed by atoms with van der Waals surface area (Å²) in [6.45, 7) is 13.1. The molecule has 1 saturated heterocycles. The van der Waals surface area contributed by atoms with Crippen molar-refractivity contribution in [1.82, 2.24) is 15.2 Å². The number of rotatable bonds is 5. The minimum Gasteiger partial charge on any atom is -0.476 e. The van der Waals surface area contributed by atoms with Gasteiger partial charge < -0.3 is 24.7 Å². The van der Waals surface area contributed by atoms with Crippen molar-refractivity contribution in [3.63, 3.8) is 0 Å². The molecular formula is C23H31N5O4. The predicted octanol–water partition coefficient (Wildman–Crippen LogP) is 2.53. The van der Waals surface area contributed by atoms with Crippen molar-refractivity contribution in [2.75, 3.05) is 49.5 Å². The van der Waals surface area contributed by atoms with E-state index in [4.69, 9.17) is 9.15 Å². The Kier molecular flexibility index (Phi) is 6.10. The van der Waals surface area contributed by atoms with Crippen LogP contribution >= 0.6 is 0 Å². The van der Waals surface area contributed by atoms with E-state index in [1.165, 1.54) is 6.26 Å². The van der Waals surface area contributed by atoms with Gasteiger partial charge in [-0.1, -0.05) is 0 Å². The maximum absolute atomic E-state index is 12.9. The Balaban J connectivity index is 1.51. The Morgan fingerprint density at radius 2 is 2.00 bits per heavy atom. The Labute approximate surface area is 188 Å². The van der Waals surface area contributed by atoms with Gasteiger partial charge in [-0.05, 0) is 39.8 Å². The maximum Gasteiger partial charge on any atom is 0.259 e. The van der Waals surface area contributed by atoms with Crippen molar-refractivity contribution >= 4 is 23.3 Å². The van der Waals surface area contributed by atoms with Gasteiger partial charge in [0, 0.05) is 44.7 Å². The van der Waals surface area contributed by atoms with Crippen LogP contribution in [0.1, 0.15) is 54.2 Å². The fraction of sp³-hybridized carbons (Fsp3) is 0.522. The Bertz CT molecular complexity index is 1000. The zero-order valence-corrected chi connectivity index (χ0v) is 19.2. The normalized spacial score (nSPS) is 17.0. The van der Waals surface area contributed by atoms with Crippen LogP contribution < -0.4 is 20.3 Å². The molecule has 0 atom stereocenters. The third-order valence-corrected chi connectivity index (χ3v) is 5.90.